The Kier molecular flexibility index (Phi) is 5.06. The van der Waals surface area contributed by atoms with E-state index in [0.717, 1.165) is 34.6 Å². The number of anilines is 1. The second-order valence-electron chi connectivity index (χ2n) is 5.06. The summed E-state index contributed by atoms with van der Waals surface area (Å²) in [6.07, 6.45) is 2.70. The summed E-state index contributed by atoms with van der Waals surface area (Å²) >= 11 is 3.39. The number of halogens is 1. The van der Waals surface area contributed by atoms with Crippen LogP contribution in [0, 0.1) is 5.92 Å². The Morgan fingerprint density at radius 2 is 2.05 bits per heavy atom. The van der Waals surface area contributed by atoms with Gasteiger partial charge in [-0.25, -0.2) is 9.97 Å². The molecule has 0 amide bonds. The van der Waals surface area contributed by atoms with E-state index in [1.165, 1.54) is 0 Å². The van der Waals surface area contributed by atoms with E-state index in [2.05, 4.69) is 57.0 Å². The topological polar surface area (TPSA) is 50.7 Å². The van der Waals surface area contributed by atoms with Crippen molar-refractivity contribution < 1.29 is 0 Å². The zero-order chi connectivity index (χ0) is 14.5. The minimum atomic E-state index is 0.560. The van der Waals surface area contributed by atoms with Crippen molar-refractivity contribution in [1.29, 1.82) is 0 Å². The van der Waals surface area contributed by atoms with E-state index in [1.807, 2.05) is 18.2 Å². The van der Waals surface area contributed by atoms with Crippen LogP contribution >= 0.6 is 15.9 Å². The molecule has 0 aromatic carbocycles. The summed E-state index contributed by atoms with van der Waals surface area (Å²) in [5, 5.41) is 3.25. The van der Waals surface area contributed by atoms with Gasteiger partial charge in [-0.3, -0.25) is 4.98 Å². The number of rotatable bonds is 5. The molecule has 0 bridgehead atoms. The average molecular weight is 335 g/mol. The number of nitrogens with one attached hydrogen (secondary N) is 1. The van der Waals surface area contributed by atoms with E-state index in [1.54, 1.807) is 6.20 Å². The van der Waals surface area contributed by atoms with Crippen molar-refractivity contribution in [3.05, 3.63) is 34.6 Å². The Hall–Kier alpha value is -1.49. The normalized spacial score (nSPS) is 10.8. The fourth-order valence-electron chi connectivity index (χ4n) is 1.91. The first-order valence-electron chi connectivity index (χ1n) is 6.82. The molecule has 0 spiro atoms. The SMILES string of the molecule is CCNc1cc(CC(C)C)nc(-c2ccc(Br)cn2)n1. The molecule has 0 aliphatic rings. The first-order valence-corrected chi connectivity index (χ1v) is 7.61. The zero-order valence-electron chi connectivity index (χ0n) is 12.0. The van der Waals surface area contributed by atoms with Crippen molar-refractivity contribution >= 4 is 21.7 Å². The molecule has 0 aliphatic heterocycles. The summed E-state index contributed by atoms with van der Waals surface area (Å²) in [4.78, 5) is 13.5. The lowest BCUT2D eigenvalue weighted by Crippen LogP contribution is -2.06. The fourth-order valence-corrected chi connectivity index (χ4v) is 2.15. The Morgan fingerprint density at radius 1 is 1.25 bits per heavy atom. The van der Waals surface area contributed by atoms with Crippen LogP contribution in [0.5, 0.6) is 0 Å². The van der Waals surface area contributed by atoms with Crippen LogP contribution in [0.3, 0.4) is 0 Å². The Morgan fingerprint density at radius 3 is 2.65 bits per heavy atom. The van der Waals surface area contributed by atoms with E-state index in [0.29, 0.717) is 11.7 Å². The van der Waals surface area contributed by atoms with E-state index in [9.17, 15) is 0 Å². The van der Waals surface area contributed by atoms with Crippen LogP contribution in [0.1, 0.15) is 26.5 Å². The molecule has 0 aliphatic carbocycles. The van der Waals surface area contributed by atoms with Gasteiger partial charge >= 0.3 is 0 Å². The van der Waals surface area contributed by atoms with Crippen LogP contribution in [0.25, 0.3) is 11.5 Å². The van der Waals surface area contributed by atoms with E-state index >= 15 is 0 Å². The zero-order valence-corrected chi connectivity index (χ0v) is 13.6. The molecular formula is C15H19BrN4. The molecule has 2 heterocycles. The lowest BCUT2D eigenvalue weighted by atomic mass is 10.1. The van der Waals surface area contributed by atoms with Crippen molar-refractivity contribution in [1.82, 2.24) is 15.0 Å². The largest absolute Gasteiger partial charge is 0.370 e. The molecule has 1 N–H and O–H groups in total. The lowest BCUT2D eigenvalue weighted by Gasteiger charge is -2.10. The van der Waals surface area contributed by atoms with Crippen LogP contribution < -0.4 is 5.32 Å². The van der Waals surface area contributed by atoms with Gasteiger partial charge in [0.25, 0.3) is 0 Å². The number of hydrogen-bond donors (Lipinski definition) is 1. The van der Waals surface area contributed by atoms with Crippen LogP contribution in [-0.2, 0) is 6.42 Å². The first kappa shape index (κ1) is 14.9. The minimum Gasteiger partial charge on any atom is -0.370 e. The van der Waals surface area contributed by atoms with Gasteiger partial charge in [0, 0.05) is 29.0 Å². The molecule has 20 heavy (non-hydrogen) atoms. The second-order valence-corrected chi connectivity index (χ2v) is 5.97. The van der Waals surface area contributed by atoms with Gasteiger partial charge in [-0.2, -0.15) is 0 Å². The molecule has 0 atom stereocenters. The monoisotopic (exact) mass is 334 g/mol. The van der Waals surface area contributed by atoms with Gasteiger partial charge in [0.15, 0.2) is 5.82 Å². The third kappa shape index (κ3) is 4.00. The summed E-state index contributed by atoms with van der Waals surface area (Å²) in [5.41, 5.74) is 1.84. The van der Waals surface area contributed by atoms with Gasteiger partial charge in [-0.15, -0.1) is 0 Å². The quantitative estimate of drug-likeness (QED) is 0.899. The number of pyridine rings is 1. The third-order valence-corrected chi connectivity index (χ3v) is 3.18. The van der Waals surface area contributed by atoms with E-state index in [4.69, 9.17) is 0 Å². The second kappa shape index (κ2) is 6.79. The predicted octanol–water partition coefficient (Wildman–Crippen LogP) is 3.93. The molecule has 0 saturated carbocycles. The van der Waals surface area contributed by atoms with Crippen molar-refractivity contribution in [2.45, 2.75) is 27.2 Å². The summed E-state index contributed by atoms with van der Waals surface area (Å²) < 4.78 is 0.950. The molecular weight excluding hydrogens is 316 g/mol. The fraction of sp³-hybridized carbons (Fsp3) is 0.400. The van der Waals surface area contributed by atoms with Gasteiger partial charge in [0.1, 0.15) is 11.5 Å². The predicted molar refractivity (Wildman–Crippen MR) is 85.7 cm³/mol. The molecule has 2 rings (SSSR count). The van der Waals surface area contributed by atoms with Crippen molar-refractivity contribution in [3.63, 3.8) is 0 Å². The van der Waals surface area contributed by atoms with Gasteiger partial charge in [0.05, 0.1) is 0 Å². The average Bonchev–Trinajstić information content (AvgIpc) is 2.38. The maximum absolute atomic E-state index is 4.63. The number of aromatic nitrogens is 3. The van der Waals surface area contributed by atoms with E-state index in [-0.39, 0.29) is 0 Å². The van der Waals surface area contributed by atoms with Crippen molar-refractivity contribution in [3.8, 4) is 11.5 Å². The molecule has 2 aromatic rings. The summed E-state index contributed by atoms with van der Waals surface area (Å²) in [6.45, 7) is 7.27. The van der Waals surface area contributed by atoms with Gasteiger partial charge in [0.2, 0.25) is 0 Å². The maximum atomic E-state index is 4.63. The molecule has 2 aromatic heterocycles. The maximum Gasteiger partial charge on any atom is 0.180 e. The number of hydrogen-bond acceptors (Lipinski definition) is 4. The minimum absolute atomic E-state index is 0.560. The molecule has 5 heteroatoms. The Bertz CT molecular complexity index is 567. The smallest absolute Gasteiger partial charge is 0.180 e. The molecule has 0 unspecified atom stereocenters. The van der Waals surface area contributed by atoms with Gasteiger partial charge < -0.3 is 5.32 Å². The van der Waals surface area contributed by atoms with Crippen LogP contribution in [0.15, 0.2) is 28.9 Å². The van der Waals surface area contributed by atoms with Crippen molar-refractivity contribution in [2.24, 2.45) is 5.92 Å². The van der Waals surface area contributed by atoms with Crippen LogP contribution in [0.2, 0.25) is 0 Å². The summed E-state index contributed by atoms with van der Waals surface area (Å²) in [5.74, 6) is 2.09. The van der Waals surface area contributed by atoms with Gasteiger partial charge in [-0.1, -0.05) is 13.8 Å². The number of nitrogens with zero attached hydrogens (tertiary/aromatic N) is 3. The molecule has 106 valence electrons. The van der Waals surface area contributed by atoms with E-state index < -0.39 is 0 Å². The van der Waals surface area contributed by atoms with Crippen molar-refractivity contribution in [2.75, 3.05) is 11.9 Å². The lowest BCUT2D eigenvalue weighted by molar-refractivity contribution is 0.634. The van der Waals surface area contributed by atoms with Gasteiger partial charge in [-0.05, 0) is 47.3 Å². The Labute approximate surface area is 128 Å². The highest BCUT2D eigenvalue weighted by molar-refractivity contribution is 9.10. The third-order valence-electron chi connectivity index (χ3n) is 2.71. The summed E-state index contributed by atoms with van der Waals surface area (Å²) in [7, 11) is 0. The molecule has 0 radical (unpaired) electrons. The molecule has 4 nitrogen and oxygen atoms in total. The highest BCUT2D eigenvalue weighted by atomic mass is 79.9. The highest BCUT2D eigenvalue weighted by Gasteiger charge is 2.09. The Balaban J connectivity index is 2.40. The van der Waals surface area contributed by atoms with Crippen LogP contribution in [0.4, 0.5) is 5.82 Å². The standard InChI is InChI=1S/C15H19BrN4/c1-4-17-14-8-12(7-10(2)3)19-15(20-14)13-6-5-11(16)9-18-13/h5-6,8-10H,4,7H2,1-3H3,(H,17,19,20). The highest BCUT2D eigenvalue weighted by Crippen LogP contribution is 2.19. The molecule has 0 saturated heterocycles. The first-order chi connectivity index (χ1) is 9.58. The molecule has 0 fully saturated rings. The summed E-state index contributed by atoms with van der Waals surface area (Å²) in [6, 6.07) is 5.90. The van der Waals surface area contributed by atoms with Crippen LogP contribution in [-0.4, -0.2) is 21.5 Å².